The Kier molecular flexibility index (Phi) is 6.32. The largest absolute Gasteiger partial charge is 0.377 e. The van der Waals surface area contributed by atoms with Gasteiger partial charge in [0, 0.05) is 43.1 Å². The van der Waals surface area contributed by atoms with Gasteiger partial charge in [0.1, 0.15) is 6.04 Å². The highest BCUT2D eigenvalue weighted by Crippen LogP contribution is 2.15. The Morgan fingerprint density at radius 2 is 2.29 bits per heavy atom. The first-order valence-electron chi connectivity index (χ1n) is 7.56. The summed E-state index contributed by atoms with van der Waals surface area (Å²) in [5.74, 6) is 1.98. The van der Waals surface area contributed by atoms with Crippen molar-refractivity contribution in [2.75, 3.05) is 37.8 Å². The molecule has 2 amide bonds. The van der Waals surface area contributed by atoms with E-state index in [1.807, 2.05) is 25.6 Å². The van der Waals surface area contributed by atoms with Crippen LogP contribution in [-0.4, -0.2) is 72.6 Å². The third-order valence-corrected chi connectivity index (χ3v) is 4.73. The molecule has 0 aromatic carbocycles. The molecule has 2 rings (SSSR count). The van der Waals surface area contributed by atoms with E-state index in [0.717, 1.165) is 18.1 Å². The molecule has 0 aromatic rings. The van der Waals surface area contributed by atoms with Crippen LogP contribution in [0.2, 0.25) is 0 Å². The van der Waals surface area contributed by atoms with Crippen LogP contribution in [0, 0.1) is 0 Å². The Hall–Kier alpha value is -0.790. The van der Waals surface area contributed by atoms with E-state index < -0.39 is 6.04 Å². The van der Waals surface area contributed by atoms with Crippen LogP contribution >= 0.6 is 11.8 Å². The zero-order chi connectivity index (χ0) is 15.2. The zero-order valence-corrected chi connectivity index (χ0v) is 13.6. The Labute approximate surface area is 130 Å². The molecule has 2 aliphatic rings. The summed E-state index contributed by atoms with van der Waals surface area (Å²) < 4.78 is 5.38. The maximum Gasteiger partial charge on any atom is 0.245 e. The van der Waals surface area contributed by atoms with E-state index in [-0.39, 0.29) is 30.5 Å². The molecule has 7 heteroatoms. The Morgan fingerprint density at radius 3 is 2.95 bits per heavy atom. The lowest BCUT2D eigenvalue weighted by atomic mass is 10.1. The maximum atomic E-state index is 12.5. The highest BCUT2D eigenvalue weighted by molar-refractivity contribution is 7.99. The number of hydrogen-bond donors (Lipinski definition) is 2. The number of amides is 2. The topological polar surface area (TPSA) is 70.7 Å². The van der Waals surface area contributed by atoms with Crippen molar-refractivity contribution in [1.82, 2.24) is 15.5 Å². The molecule has 0 saturated carbocycles. The second-order valence-corrected chi connectivity index (χ2v) is 6.92. The van der Waals surface area contributed by atoms with Gasteiger partial charge in [-0.05, 0) is 13.8 Å². The summed E-state index contributed by atoms with van der Waals surface area (Å²) in [6.07, 6.45) is 0.457. The molecule has 0 aromatic heterocycles. The van der Waals surface area contributed by atoms with Crippen molar-refractivity contribution in [3.05, 3.63) is 0 Å². The van der Waals surface area contributed by atoms with E-state index in [2.05, 4.69) is 10.6 Å². The van der Waals surface area contributed by atoms with Crippen molar-refractivity contribution < 1.29 is 14.3 Å². The molecular weight excluding hydrogens is 290 g/mol. The van der Waals surface area contributed by atoms with Crippen LogP contribution in [0.25, 0.3) is 0 Å². The standard InChI is InChI=1S/C14H25N3O3S/c1-10(2)16-14(19)12-8-20-5-4-17(12)13(18)7-11-9-21-6-3-15-11/h10-12,15H,3-9H2,1-2H3,(H,16,19). The fraction of sp³-hybridized carbons (Fsp3) is 0.857. The first kappa shape index (κ1) is 16.6. The number of hydrogen-bond acceptors (Lipinski definition) is 5. The van der Waals surface area contributed by atoms with Crippen LogP contribution in [0.3, 0.4) is 0 Å². The van der Waals surface area contributed by atoms with Crippen LogP contribution in [0.15, 0.2) is 0 Å². The summed E-state index contributed by atoms with van der Waals surface area (Å²) in [4.78, 5) is 26.4. The highest BCUT2D eigenvalue weighted by Gasteiger charge is 2.34. The summed E-state index contributed by atoms with van der Waals surface area (Å²) in [6, 6.07) is -0.217. The van der Waals surface area contributed by atoms with Crippen LogP contribution in [0.1, 0.15) is 20.3 Å². The number of morpholine rings is 1. The zero-order valence-electron chi connectivity index (χ0n) is 12.8. The van der Waals surface area contributed by atoms with Gasteiger partial charge in [-0.1, -0.05) is 0 Å². The number of carbonyl (C=O) groups excluding carboxylic acids is 2. The highest BCUT2D eigenvalue weighted by atomic mass is 32.2. The molecule has 2 atom stereocenters. The first-order valence-corrected chi connectivity index (χ1v) is 8.72. The third kappa shape index (κ3) is 4.86. The van der Waals surface area contributed by atoms with Gasteiger partial charge in [0.05, 0.1) is 13.2 Å². The molecule has 2 heterocycles. The average Bonchev–Trinajstić information content (AvgIpc) is 2.47. The van der Waals surface area contributed by atoms with E-state index in [4.69, 9.17) is 4.74 Å². The van der Waals surface area contributed by atoms with Crippen LogP contribution in [0.4, 0.5) is 0 Å². The smallest absolute Gasteiger partial charge is 0.245 e. The first-order chi connectivity index (χ1) is 10.1. The van der Waals surface area contributed by atoms with Gasteiger partial charge in [-0.3, -0.25) is 9.59 Å². The molecule has 0 spiro atoms. The number of nitrogens with one attached hydrogen (secondary N) is 2. The number of nitrogens with zero attached hydrogens (tertiary/aromatic N) is 1. The summed E-state index contributed by atoms with van der Waals surface area (Å²) in [5, 5.41) is 6.23. The van der Waals surface area contributed by atoms with E-state index in [1.54, 1.807) is 4.90 Å². The van der Waals surface area contributed by atoms with Gasteiger partial charge in [0.2, 0.25) is 11.8 Å². The normalized spacial score (nSPS) is 26.7. The van der Waals surface area contributed by atoms with E-state index in [9.17, 15) is 9.59 Å². The van der Waals surface area contributed by atoms with Crippen molar-refractivity contribution >= 4 is 23.6 Å². The van der Waals surface area contributed by atoms with Gasteiger partial charge in [0.25, 0.3) is 0 Å². The van der Waals surface area contributed by atoms with Crippen LogP contribution < -0.4 is 10.6 Å². The van der Waals surface area contributed by atoms with E-state index in [0.29, 0.717) is 19.6 Å². The van der Waals surface area contributed by atoms with Gasteiger partial charge in [-0.15, -0.1) is 0 Å². The molecule has 0 aliphatic carbocycles. The summed E-state index contributed by atoms with van der Waals surface area (Å²) in [7, 11) is 0. The average molecular weight is 315 g/mol. The van der Waals surface area contributed by atoms with Gasteiger partial charge < -0.3 is 20.3 Å². The monoisotopic (exact) mass is 315 g/mol. The van der Waals surface area contributed by atoms with Crippen LogP contribution in [0.5, 0.6) is 0 Å². The molecule has 0 radical (unpaired) electrons. The number of rotatable bonds is 4. The predicted octanol–water partition coefficient (Wildman–Crippen LogP) is -0.166. The van der Waals surface area contributed by atoms with Gasteiger partial charge in [0.15, 0.2) is 0 Å². The number of ether oxygens (including phenoxy) is 1. The lowest BCUT2D eigenvalue weighted by Gasteiger charge is -2.36. The van der Waals surface area contributed by atoms with Crippen molar-refractivity contribution in [2.24, 2.45) is 0 Å². The second-order valence-electron chi connectivity index (χ2n) is 5.77. The number of carbonyl (C=O) groups is 2. The lowest BCUT2D eigenvalue weighted by Crippen LogP contribution is -2.57. The van der Waals surface area contributed by atoms with Crippen molar-refractivity contribution in [3.8, 4) is 0 Å². The molecule has 6 nitrogen and oxygen atoms in total. The maximum absolute atomic E-state index is 12.5. The van der Waals surface area contributed by atoms with Crippen LogP contribution in [-0.2, 0) is 14.3 Å². The molecule has 120 valence electrons. The molecule has 2 saturated heterocycles. The minimum absolute atomic E-state index is 0.0437. The second kappa shape index (κ2) is 8.00. The minimum atomic E-state index is -0.495. The van der Waals surface area contributed by atoms with Crippen molar-refractivity contribution in [2.45, 2.75) is 38.4 Å². The SMILES string of the molecule is CC(C)NC(=O)C1COCCN1C(=O)CC1CSCCN1. The summed E-state index contributed by atoms with van der Waals surface area (Å²) in [6.45, 7) is 6.06. The minimum Gasteiger partial charge on any atom is -0.377 e. The Bertz CT molecular complexity index is 372. The molecular formula is C14H25N3O3S. The fourth-order valence-corrected chi connectivity index (χ4v) is 3.53. The molecule has 2 aliphatic heterocycles. The summed E-state index contributed by atoms with van der Waals surface area (Å²) >= 11 is 1.87. The van der Waals surface area contributed by atoms with Gasteiger partial charge >= 0.3 is 0 Å². The quantitative estimate of drug-likeness (QED) is 0.754. The Morgan fingerprint density at radius 1 is 1.48 bits per heavy atom. The Balaban J connectivity index is 1.93. The molecule has 2 fully saturated rings. The van der Waals surface area contributed by atoms with Gasteiger partial charge in [-0.25, -0.2) is 0 Å². The van der Waals surface area contributed by atoms with Crippen molar-refractivity contribution in [3.63, 3.8) is 0 Å². The predicted molar refractivity (Wildman–Crippen MR) is 83.3 cm³/mol. The van der Waals surface area contributed by atoms with Gasteiger partial charge in [-0.2, -0.15) is 11.8 Å². The molecule has 21 heavy (non-hydrogen) atoms. The summed E-state index contributed by atoms with van der Waals surface area (Å²) in [5.41, 5.74) is 0. The lowest BCUT2D eigenvalue weighted by molar-refractivity contribution is -0.149. The molecule has 0 bridgehead atoms. The number of thioether (sulfide) groups is 1. The fourth-order valence-electron chi connectivity index (χ4n) is 2.58. The van der Waals surface area contributed by atoms with E-state index >= 15 is 0 Å². The third-order valence-electron chi connectivity index (χ3n) is 3.60. The molecule has 2 N–H and O–H groups in total. The van der Waals surface area contributed by atoms with Crippen molar-refractivity contribution in [1.29, 1.82) is 0 Å². The molecule has 2 unspecified atom stereocenters. The van der Waals surface area contributed by atoms with E-state index in [1.165, 1.54) is 0 Å².